The first-order chi connectivity index (χ1) is 7.63. The van der Waals surface area contributed by atoms with Crippen molar-refractivity contribution in [3.05, 3.63) is 39.2 Å². The summed E-state index contributed by atoms with van der Waals surface area (Å²) in [6.07, 6.45) is 0. The normalized spacial score (nSPS) is 10.1. The van der Waals surface area contributed by atoms with Crippen LogP contribution in [0.15, 0.2) is 17.5 Å². The first-order valence-corrected chi connectivity index (χ1v) is 5.94. The molecule has 3 heteroatoms. The highest BCUT2D eigenvalue weighted by Gasteiger charge is 2.09. The molecule has 0 radical (unpaired) electrons. The molecule has 0 fully saturated rings. The SMILES string of the molecule is Cc1ccc(-c2csc(C#N)n2)c(C)c1C. The van der Waals surface area contributed by atoms with Gasteiger partial charge in [0.25, 0.3) is 0 Å². The molecule has 0 atom stereocenters. The van der Waals surface area contributed by atoms with Gasteiger partial charge in [-0.2, -0.15) is 5.26 Å². The number of aromatic nitrogens is 1. The van der Waals surface area contributed by atoms with Crippen molar-refractivity contribution < 1.29 is 0 Å². The van der Waals surface area contributed by atoms with Gasteiger partial charge in [0, 0.05) is 10.9 Å². The molecule has 0 aliphatic heterocycles. The van der Waals surface area contributed by atoms with Crippen LogP contribution < -0.4 is 0 Å². The van der Waals surface area contributed by atoms with Crippen molar-refractivity contribution in [3.63, 3.8) is 0 Å². The maximum Gasteiger partial charge on any atom is 0.194 e. The Morgan fingerprint density at radius 3 is 2.56 bits per heavy atom. The van der Waals surface area contributed by atoms with Crippen LogP contribution in [0.5, 0.6) is 0 Å². The third-order valence-electron chi connectivity index (χ3n) is 2.93. The van der Waals surface area contributed by atoms with E-state index in [9.17, 15) is 0 Å². The molecule has 0 aliphatic rings. The van der Waals surface area contributed by atoms with E-state index in [1.54, 1.807) is 0 Å². The number of nitriles is 1. The monoisotopic (exact) mass is 228 g/mol. The average molecular weight is 228 g/mol. The summed E-state index contributed by atoms with van der Waals surface area (Å²) in [5.74, 6) is 0. The first-order valence-electron chi connectivity index (χ1n) is 5.06. The Bertz CT molecular complexity index is 576. The molecule has 1 heterocycles. The van der Waals surface area contributed by atoms with E-state index in [0.717, 1.165) is 11.3 Å². The fourth-order valence-electron chi connectivity index (χ4n) is 1.68. The molecule has 0 aliphatic carbocycles. The van der Waals surface area contributed by atoms with E-state index in [1.807, 2.05) is 5.38 Å². The number of hydrogen-bond donors (Lipinski definition) is 0. The van der Waals surface area contributed by atoms with Crippen LogP contribution >= 0.6 is 11.3 Å². The predicted molar refractivity (Wildman–Crippen MR) is 66.5 cm³/mol. The third-order valence-corrected chi connectivity index (χ3v) is 3.68. The summed E-state index contributed by atoms with van der Waals surface area (Å²) < 4.78 is 0. The molecule has 2 aromatic rings. The van der Waals surface area contributed by atoms with Crippen molar-refractivity contribution in [2.75, 3.05) is 0 Å². The van der Waals surface area contributed by atoms with Gasteiger partial charge in [-0.05, 0) is 37.5 Å². The first kappa shape index (κ1) is 10.8. The Kier molecular flexibility index (Phi) is 2.76. The third kappa shape index (κ3) is 1.72. The summed E-state index contributed by atoms with van der Waals surface area (Å²) in [6.45, 7) is 6.32. The number of thiazole rings is 1. The smallest absolute Gasteiger partial charge is 0.194 e. The van der Waals surface area contributed by atoms with Gasteiger partial charge in [0.1, 0.15) is 6.07 Å². The molecular weight excluding hydrogens is 216 g/mol. The number of aryl methyl sites for hydroxylation is 1. The highest BCUT2D eigenvalue weighted by atomic mass is 32.1. The number of nitrogens with zero attached hydrogens (tertiary/aromatic N) is 2. The van der Waals surface area contributed by atoms with Crippen LogP contribution in [0.25, 0.3) is 11.3 Å². The van der Waals surface area contributed by atoms with Gasteiger partial charge in [-0.1, -0.05) is 12.1 Å². The van der Waals surface area contributed by atoms with Crippen LogP contribution in [0.1, 0.15) is 21.7 Å². The molecule has 0 amide bonds. The molecular formula is C13H12N2S. The van der Waals surface area contributed by atoms with E-state index in [-0.39, 0.29) is 0 Å². The van der Waals surface area contributed by atoms with Gasteiger partial charge in [-0.3, -0.25) is 0 Å². The zero-order chi connectivity index (χ0) is 11.7. The summed E-state index contributed by atoms with van der Waals surface area (Å²) in [7, 11) is 0. The van der Waals surface area contributed by atoms with Crippen molar-refractivity contribution in [3.8, 4) is 17.3 Å². The van der Waals surface area contributed by atoms with E-state index in [1.165, 1.54) is 28.0 Å². The minimum absolute atomic E-state index is 0.521. The standard InChI is InChI=1S/C13H12N2S/c1-8-4-5-11(10(3)9(8)2)12-7-16-13(6-14)15-12/h4-5,7H,1-3H3. The van der Waals surface area contributed by atoms with Gasteiger partial charge < -0.3 is 0 Å². The van der Waals surface area contributed by atoms with E-state index >= 15 is 0 Å². The van der Waals surface area contributed by atoms with Crippen LogP contribution in [0, 0.1) is 32.1 Å². The van der Waals surface area contributed by atoms with Gasteiger partial charge in [-0.15, -0.1) is 11.3 Å². The topological polar surface area (TPSA) is 36.7 Å². The summed E-state index contributed by atoms with van der Waals surface area (Å²) in [5, 5.41) is 11.2. The molecule has 0 N–H and O–H groups in total. The molecule has 1 aromatic carbocycles. The molecule has 1 aromatic heterocycles. The summed E-state index contributed by atoms with van der Waals surface area (Å²) in [6, 6.07) is 6.25. The Labute approximate surface area is 99.2 Å². The Hall–Kier alpha value is -1.66. The zero-order valence-corrected chi connectivity index (χ0v) is 10.4. The number of hydrogen-bond acceptors (Lipinski definition) is 3. The molecule has 0 saturated heterocycles. The van der Waals surface area contributed by atoms with E-state index in [4.69, 9.17) is 5.26 Å². The second-order valence-electron chi connectivity index (χ2n) is 3.83. The molecule has 0 unspecified atom stereocenters. The van der Waals surface area contributed by atoms with Gasteiger partial charge in [0.2, 0.25) is 0 Å². The van der Waals surface area contributed by atoms with Crippen LogP contribution in [0.3, 0.4) is 0 Å². The minimum atomic E-state index is 0.521. The van der Waals surface area contributed by atoms with Crippen molar-refractivity contribution in [1.82, 2.24) is 4.98 Å². The van der Waals surface area contributed by atoms with Crippen molar-refractivity contribution in [1.29, 1.82) is 5.26 Å². The van der Waals surface area contributed by atoms with Gasteiger partial charge in [0.05, 0.1) is 5.69 Å². The fourth-order valence-corrected chi connectivity index (χ4v) is 2.29. The van der Waals surface area contributed by atoms with Gasteiger partial charge in [0.15, 0.2) is 5.01 Å². The summed E-state index contributed by atoms with van der Waals surface area (Å²) >= 11 is 1.39. The summed E-state index contributed by atoms with van der Waals surface area (Å²) in [5.41, 5.74) is 5.86. The van der Waals surface area contributed by atoms with E-state index in [0.29, 0.717) is 5.01 Å². The summed E-state index contributed by atoms with van der Waals surface area (Å²) in [4.78, 5) is 4.29. The van der Waals surface area contributed by atoms with Crippen LogP contribution in [-0.2, 0) is 0 Å². The van der Waals surface area contributed by atoms with E-state index in [2.05, 4.69) is 44.0 Å². The lowest BCUT2D eigenvalue weighted by Gasteiger charge is -2.08. The van der Waals surface area contributed by atoms with Crippen molar-refractivity contribution in [2.24, 2.45) is 0 Å². The second-order valence-corrected chi connectivity index (χ2v) is 4.69. The van der Waals surface area contributed by atoms with Gasteiger partial charge >= 0.3 is 0 Å². The van der Waals surface area contributed by atoms with Crippen LogP contribution in [-0.4, -0.2) is 4.98 Å². The van der Waals surface area contributed by atoms with Crippen LogP contribution in [0.2, 0.25) is 0 Å². The highest BCUT2D eigenvalue weighted by molar-refractivity contribution is 7.10. The fraction of sp³-hybridized carbons (Fsp3) is 0.231. The molecule has 2 rings (SSSR count). The lowest BCUT2D eigenvalue weighted by Crippen LogP contribution is -1.90. The largest absolute Gasteiger partial charge is 0.226 e. The Morgan fingerprint density at radius 1 is 1.19 bits per heavy atom. The van der Waals surface area contributed by atoms with Crippen molar-refractivity contribution >= 4 is 11.3 Å². The number of benzene rings is 1. The lowest BCUT2D eigenvalue weighted by atomic mass is 9.97. The molecule has 0 bridgehead atoms. The quantitative estimate of drug-likeness (QED) is 0.747. The second kappa shape index (κ2) is 4.07. The number of rotatable bonds is 1. The van der Waals surface area contributed by atoms with Crippen molar-refractivity contribution in [2.45, 2.75) is 20.8 Å². The van der Waals surface area contributed by atoms with Gasteiger partial charge in [-0.25, -0.2) is 4.98 Å². The minimum Gasteiger partial charge on any atom is -0.226 e. The lowest BCUT2D eigenvalue weighted by molar-refractivity contribution is 1.25. The molecule has 16 heavy (non-hydrogen) atoms. The molecule has 2 nitrogen and oxygen atoms in total. The van der Waals surface area contributed by atoms with E-state index < -0.39 is 0 Å². The molecule has 80 valence electrons. The highest BCUT2D eigenvalue weighted by Crippen LogP contribution is 2.28. The Balaban J connectivity index is 2.57. The van der Waals surface area contributed by atoms with Crippen LogP contribution in [0.4, 0.5) is 0 Å². The molecule has 0 spiro atoms. The predicted octanol–water partition coefficient (Wildman–Crippen LogP) is 3.61. The maximum atomic E-state index is 8.76. The zero-order valence-electron chi connectivity index (χ0n) is 9.53. The molecule has 0 saturated carbocycles. The maximum absolute atomic E-state index is 8.76. The Morgan fingerprint density at radius 2 is 1.94 bits per heavy atom. The average Bonchev–Trinajstić information content (AvgIpc) is 2.74.